The number of benzene rings is 3. The number of aromatic carboxylic acids is 1. The number of hydrogen-bond donors (Lipinski definition) is 1. The van der Waals surface area contributed by atoms with Gasteiger partial charge in [0.2, 0.25) is 0 Å². The van der Waals surface area contributed by atoms with E-state index >= 15 is 0 Å². The first-order valence-corrected chi connectivity index (χ1v) is 9.80. The van der Waals surface area contributed by atoms with Crippen molar-refractivity contribution in [3.8, 4) is 5.75 Å². The summed E-state index contributed by atoms with van der Waals surface area (Å²) in [5, 5.41) is 9.33. The standard InChI is InChI=1S/C21H17NO5S/c1-27-15-11-13-17(14-12-15)28(26,16-7-3-2-4-8-16)22-20(23)18-9-5-6-10-19(18)21(24)25/h2-14H,1H3,(H,24,25). The van der Waals surface area contributed by atoms with Gasteiger partial charge in [-0.05, 0) is 48.5 Å². The smallest absolute Gasteiger partial charge is 0.336 e. The number of rotatable bonds is 5. The van der Waals surface area contributed by atoms with Crippen molar-refractivity contribution in [3.63, 3.8) is 0 Å². The van der Waals surface area contributed by atoms with Crippen LogP contribution in [0.3, 0.4) is 0 Å². The molecular weight excluding hydrogens is 378 g/mol. The average Bonchev–Trinajstić information content (AvgIpc) is 2.74. The molecule has 0 aliphatic rings. The summed E-state index contributed by atoms with van der Waals surface area (Å²) < 4.78 is 23.0. The van der Waals surface area contributed by atoms with E-state index in [2.05, 4.69) is 4.36 Å². The van der Waals surface area contributed by atoms with Crippen LogP contribution in [0.1, 0.15) is 20.7 Å². The summed E-state index contributed by atoms with van der Waals surface area (Å²) in [7, 11) is -1.82. The zero-order valence-corrected chi connectivity index (χ0v) is 15.8. The van der Waals surface area contributed by atoms with Crippen LogP contribution in [-0.2, 0) is 9.73 Å². The SMILES string of the molecule is COc1ccc(S(=O)(=NC(=O)c2ccccc2C(=O)O)c2ccccc2)cc1. The first kappa shape index (κ1) is 19.3. The Hall–Kier alpha value is -3.45. The lowest BCUT2D eigenvalue weighted by atomic mass is 10.1. The molecule has 1 amide bonds. The Bertz CT molecular complexity index is 1130. The highest BCUT2D eigenvalue weighted by molar-refractivity contribution is 7.94. The number of ether oxygens (including phenoxy) is 1. The number of methoxy groups -OCH3 is 1. The maximum absolute atomic E-state index is 13.9. The Morgan fingerprint density at radius 2 is 1.36 bits per heavy atom. The summed E-state index contributed by atoms with van der Waals surface area (Å²) >= 11 is 0. The molecule has 3 aromatic rings. The summed E-state index contributed by atoms with van der Waals surface area (Å²) in [5.74, 6) is -1.54. The van der Waals surface area contributed by atoms with Crippen LogP contribution in [0.15, 0.2) is 93.0 Å². The second-order valence-electron chi connectivity index (χ2n) is 5.76. The molecule has 1 N–H and O–H groups in total. The van der Waals surface area contributed by atoms with Gasteiger partial charge in [0.1, 0.15) is 15.5 Å². The minimum Gasteiger partial charge on any atom is -0.497 e. The molecule has 1 atom stereocenters. The zero-order valence-electron chi connectivity index (χ0n) is 14.9. The number of nitrogens with zero attached hydrogens (tertiary/aromatic N) is 1. The first-order chi connectivity index (χ1) is 13.5. The number of carboxylic acids is 1. The molecule has 28 heavy (non-hydrogen) atoms. The molecule has 7 heteroatoms. The molecule has 0 heterocycles. The highest BCUT2D eigenvalue weighted by Gasteiger charge is 2.21. The Balaban J connectivity index is 2.21. The molecule has 3 aromatic carbocycles. The van der Waals surface area contributed by atoms with Crippen LogP contribution in [0.2, 0.25) is 0 Å². The van der Waals surface area contributed by atoms with Gasteiger partial charge in [0.15, 0.2) is 0 Å². The molecule has 142 valence electrons. The first-order valence-electron chi connectivity index (χ1n) is 8.28. The van der Waals surface area contributed by atoms with Crippen LogP contribution in [0.5, 0.6) is 5.75 Å². The van der Waals surface area contributed by atoms with E-state index in [1.165, 1.54) is 31.4 Å². The second-order valence-corrected chi connectivity index (χ2v) is 7.94. The van der Waals surface area contributed by atoms with Crippen LogP contribution in [0, 0.1) is 0 Å². The van der Waals surface area contributed by atoms with Crippen molar-refractivity contribution in [1.29, 1.82) is 0 Å². The van der Waals surface area contributed by atoms with Crippen molar-refractivity contribution in [2.45, 2.75) is 9.79 Å². The second kappa shape index (κ2) is 8.06. The predicted octanol–water partition coefficient (Wildman–Crippen LogP) is 4.12. The van der Waals surface area contributed by atoms with Crippen molar-refractivity contribution >= 4 is 21.6 Å². The third-order valence-corrected chi connectivity index (χ3v) is 6.29. The number of carbonyl (C=O) groups is 2. The van der Waals surface area contributed by atoms with Gasteiger partial charge in [-0.3, -0.25) is 4.79 Å². The van der Waals surface area contributed by atoms with Crippen LogP contribution >= 0.6 is 0 Å². The topological polar surface area (TPSA) is 93.0 Å². The Kier molecular flexibility index (Phi) is 5.56. The molecule has 1 unspecified atom stereocenters. The maximum Gasteiger partial charge on any atom is 0.336 e. The van der Waals surface area contributed by atoms with E-state index in [4.69, 9.17) is 4.74 Å². The number of carbonyl (C=O) groups excluding carboxylic acids is 1. The number of carboxylic acid groups (broad SMARTS) is 1. The van der Waals surface area contributed by atoms with Gasteiger partial charge in [-0.25, -0.2) is 9.00 Å². The van der Waals surface area contributed by atoms with Crippen LogP contribution in [0.25, 0.3) is 0 Å². The number of hydrogen-bond acceptors (Lipinski definition) is 4. The molecule has 6 nitrogen and oxygen atoms in total. The van der Waals surface area contributed by atoms with E-state index in [1.807, 2.05) is 0 Å². The largest absolute Gasteiger partial charge is 0.497 e. The van der Waals surface area contributed by atoms with E-state index in [0.717, 1.165) is 0 Å². The molecule has 0 saturated heterocycles. The lowest BCUT2D eigenvalue weighted by Crippen LogP contribution is -2.10. The molecule has 0 bridgehead atoms. The number of amides is 1. The monoisotopic (exact) mass is 395 g/mol. The normalized spacial score (nSPS) is 12.6. The fraction of sp³-hybridized carbons (Fsp3) is 0.0476. The predicted molar refractivity (Wildman–Crippen MR) is 104 cm³/mol. The molecular formula is C21H17NO5S. The quantitative estimate of drug-likeness (QED) is 0.701. The molecule has 0 spiro atoms. The summed E-state index contributed by atoms with van der Waals surface area (Å²) in [6, 6.07) is 20.5. The molecule has 0 aromatic heterocycles. The van der Waals surface area contributed by atoms with Crippen LogP contribution in [0.4, 0.5) is 0 Å². The molecule has 0 saturated carbocycles. The van der Waals surface area contributed by atoms with E-state index < -0.39 is 21.6 Å². The maximum atomic E-state index is 13.9. The van der Waals surface area contributed by atoms with Gasteiger partial charge in [0.25, 0.3) is 5.91 Å². The van der Waals surface area contributed by atoms with Gasteiger partial charge in [-0.15, -0.1) is 4.36 Å². The van der Waals surface area contributed by atoms with E-state index in [9.17, 15) is 18.9 Å². The van der Waals surface area contributed by atoms with Crippen molar-refractivity contribution < 1.29 is 23.6 Å². The van der Waals surface area contributed by atoms with Crippen LogP contribution in [-0.4, -0.2) is 28.3 Å². The van der Waals surface area contributed by atoms with Gasteiger partial charge < -0.3 is 9.84 Å². The van der Waals surface area contributed by atoms with Crippen molar-refractivity contribution in [3.05, 3.63) is 90.0 Å². The van der Waals surface area contributed by atoms with E-state index in [0.29, 0.717) is 15.5 Å². The highest BCUT2D eigenvalue weighted by atomic mass is 32.2. The lowest BCUT2D eigenvalue weighted by Gasteiger charge is -2.12. The Labute approximate surface area is 162 Å². The van der Waals surface area contributed by atoms with Gasteiger partial charge in [0, 0.05) is 0 Å². The fourth-order valence-corrected chi connectivity index (χ4v) is 4.47. The van der Waals surface area contributed by atoms with E-state index in [-0.39, 0.29) is 11.1 Å². The highest BCUT2D eigenvalue weighted by Crippen LogP contribution is 2.26. The average molecular weight is 395 g/mol. The third kappa shape index (κ3) is 3.79. The lowest BCUT2D eigenvalue weighted by molar-refractivity contribution is 0.0692. The third-order valence-electron chi connectivity index (χ3n) is 4.04. The van der Waals surface area contributed by atoms with Gasteiger partial charge in [-0.1, -0.05) is 30.3 Å². The molecule has 0 fully saturated rings. The van der Waals surface area contributed by atoms with E-state index in [1.54, 1.807) is 54.6 Å². The van der Waals surface area contributed by atoms with Gasteiger partial charge >= 0.3 is 5.97 Å². The van der Waals surface area contributed by atoms with Gasteiger partial charge in [0.05, 0.1) is 28.0 Å². The summed E-state index contributed by atoms with van der Waals surface area (Å²) in [5.41, 5.74) is -0.312. The Morgan fingerprint density at radius 1 is 0.821 bits per heavy atom. The van der Waals surface area contributed by atoms with Gasteiger partial charge in [-0.2, -0.15) is 0 Å². The zero-order chi connectivity index (χ0) is 20.1. The molecule has 0 radical (unpaired) electrons. The summed E-state index contributed by atoms with van der Waals surface area (Å²) in [4.78, 5) is 24.9. The molecule has 3 rings (SSSR count). The van der Waals surface area contributed by atoms with Crippen molar-refractivity contribution in [2.24, 2.45) is 4.36 Å². The van der Waals surface area contributed by atoms with Crippen molar-refractivity contribution in [2.75, 3.05) is 7.11 Å². The fourth-order valence-electron chi connectivity index (χ4n) is 2.63. The summed E-state index contributed by atoms with van der Waals surface area (Å²) in [6.07, 6.45) is 0. The molecule has 0 aliphatic carbocycles. The van der Waals surface area contributed by atoms with Crippen molar-refractivity contribution in [1.82, 2.24) is 0 Å². The van der Waals surface area contributed by atoms with Crippen LogP contribution < -0.4 is 4.74 Å². The summed E-state index contributed by atoms with van der Waals surface area (Å²) in [6.45, 7) is 0. The minimum absolute atomic E-state index is 0.118. The Morgan fingerprint density at radius 3 is 1.93 bits per heavy atom. The minimum atomic E-state index is -3.33. The molecule has 0 aliphatic heterocycles.